The van der Waals surface area contributed by atoms with E-state index in [4.69, 9.17) is 9.15 Å². The van der Waals surface area contributed by atoms with Crippen LogP contribution < -0.4 is 5.63 Å². The van der Waals surface area contributed by atoms with Crippen molar-refractivity contribution in [3.05, 3.63) is 88.5 Å². The number of aromatic nitrogens is 3. The first kappa shape index (κ1) is 19.6. The highest BCUT2D eigenvalue weighted by molar-refractivity contribution is 6.09. The van der Waals surface area contributed by atoms with Crippen molar-refractivity contribution in [2.24, 2.45) is 0 Å². The van der Waals surface area contributed by atoms with Gasteiger partial charge < -0.3 is 9.15 Å². The fourth-order valence-corrected chi connectivity index (χ4v) is 3.68. The third-order valence-electron chi connectivity index (χ3n) is 5.27. The van der Waals surface area contributed by atoms with Gasteiger partial charge in [-0.1, -0.05) is 60.2 Å². The number of benzene rings is 3. The van der Waals surface area contributed by atoms with Gasteiger partial charge in [0.2, 0.25) is 0 Å². The van der Waals surface area contributed by atoms with E-state index >= 15 is 0 Å². The largest absolute Gasteiger partial charge is 0.463 e. The van der Waals surface area contributed by atoms with Gasteiger partial charge in [0.25, 0.3) is 5.82 Å². The minimum Gasteiger partial charge on any atom is -0.463 e. The van der Waals surface area contributed by atoms with Gasteiger partial charge in [0, 0.05) is 28.0 Å². The average molecular weight is 423 g/mol. The lowest BCUT2D eigenvalue weighted by molar-refractivity contribution is 0.0585. The predicted octanol–water partition coefficient (Wildman–Crippen LogP) is 4.56. The van der Waals surface area contributed by atoms with Crippen LogP contribution >= 0.6 is 0 Å². The molecule has 156 valence electrons. The van der Waals surface area contributed by atoms with Crippen molar-refractivity contribution in [1.82, 2.24) is 15.2 Å². The van der Waals surface area contributed by atoms with Crippen molar-refractivity contribution in [2.75, 3.05) is 7.11 Å². The molecule has 5 rings (SSSR count). The number of ether oxygens (including phenoxy) is 1. The molecule has 0 unspecified atom stereocenters. The van der Waals surface area contributed by atoms with Gasteiger partial charge in [-0.2, -0.15) is 0 Å². The summed E-state index contributed by atoms with van der Waals surface area (Å²) in [4.78, 5) is 29.0. The molecule has 7 heteroatoms. The van der Waals surface area contributed by atoms with Crippen LogP contribution in [0.4, 0.5) is 0 Å². The Labute approximate surface area is 182 Å². The first-order valence-electron chi connectivity index (χ1n) is 9.91. The number of rotatable bonds is 3. The molecule has 0 saturated carbocycles. The molecular formula is C25H17N3O4. The molecular weight excluding hydrogens is 406 g/mol. The highest BCUT2D eigenvalue weighted by atomic mass is 16.5. The molecule has 7 nitrogen and oxygen atoms in total. The molecule has 0 atom stereocenters. The van der Waals surface area contributed by atoms with Crippen LogP contribution in [0.15, 0.2) is 75.9 Å². The SMILES string of the molecule is COC(=O)c1nnc(-c2cc(=O)oc3c2ccc2ccccc23)c(-c2ccc(C)cc2)n1. The first-order chi connectivity index (χ1) is 15.5. The molecule has 0 aliphatic heterocycles. The quantitative estimate of drug-likeness (QED) is 0.238. The van der Waals surface area contributed by atoms with E-state index in [0.717, 1.165) is 21.9 Å². The van der Waals surface area contributed by atoms with Gasteiger partial charge in [0.05, 0.1) is 7.11 Å². The topological polar surface area (TPSA) is 95.2 Å². The molecule has 2 heterocycles. The average Bonchev–Trinajstić information content (AvgIpc) is 2.83. The zero-order chi connectivity index (χ0) is 22.2. The summed E-state index contributed by atoms with van der Waals surface area (Å²) in [5.41, 5.74) is 3.05. The van der Waals surface area contributed by atoms with Gasteiger partial charge in [-0.25, -0.2) is 14.6 Å². The number of aryl methyl sites for hydroxylation is 1. The van der Waals surface area contributed by atoms with Gasteiger partial charge in [-0.15, -0.1) is 10.2 Å². The van der Waals surface area contributed by atoms with Crippen molar-refractivity contribution < 1.29 is 13.9 Å². The minimum absolute atomic E-state index is 0.162. The number of methoxy groups -OCH3 is 1. The Balaban J connectivity index is 1.85. The summed E-state index contributed by atoms with van der Waals surface area (Å²) >= 11 is 0. The van der Waals surface area contributed by atoms with E-state index in [1.165, 1.54) is 13.2 Å². The smallest absolute Gasteiger partial charge is 0.378 e. The maximum absolute atomic E-state index is 12.5. The molecule has 0 bridgehead atoms. The molecule has 0 spiro atoms. The minimum atomic E-state index is -0.694. The van der Waals surface area contributed by atoms with E-state index in [9.17, 15) is 9.59 Å². The number of nitrogens with zero attached hydrogens (tertiary/aromatic N) is 3. The summed E-state index contributed by atoms with van der Waals surface area (Å²) < 4.78 is 10.3. The molecule has 32 heavy (non-hydrogen) atoms. The normalized spacial score (nSPS) is 11.1. The first-order valence-corrected chi connectivity index (χ1v) is 9.91. The Hall–Kier alpha value is -4.39. The predicted molar refractivity (Wildman–Crippen MR) is 120 cm³/mol. The van der Waals surface area contributed by atoms with Crippen molar-refractivity contribution in [1.29, 1.82) is 0 Å². The molecule has 0 N–H and O–H groups in total. The molecule has 0 saturated heterocycles. The number of hydrogen-bond acceptors (Lipinski definition) is 7. The van der Waals surface area contributed by atoms with Crippen molar-refractivity contribution >= 4 is 27.7 Å². The van der Waals surface area contributed by atoms with Crippen molar-refractivity contribution in [3.63, 3.8) is 0 Å². The molecule has 0 aliphatic carbocycles. The fraction of sp³-hybridized carbons (Fsp3) is 0.0800. The molecule has 3 aromatic carbocycles. The monoisotopic (exact) mass is 423 g/mol. The summed E-state index contributed by atoms with van der Waals surface area (Å²) in [6, 6.07) is 20.5. The van der Waals surface area contributed by atoms with E-state index < -0.39 is 11.6 Å². The van der Waals surface area contributed by atoms with E-state index in [0.29, 0.717) is 27.9 Å². The van der Waals surface area contributed by atoms with E-state index in [1.807, 2.05) is 67.6 Å². The van der Waals surface area contributed by atoms with Crippen molar-refractivity contribution in [2.45, 2.75) is 6.92 Å². The number of fused-ring (bicyclic) bond motifs is 3. The molecule has 0 radical (unpaired) electrons. The van der Waals surface area contributed by atoms with Crippen molar-refractivity contribution in [3.8, 4) is 22.5 Å². The van der Waals surface area contributed by atoms with Crippen LogP contribution in [0.1, 0.15) is 16.2 Å². The maximum atomic E-state index is 12.5. The third kappa shape index (κ3) is 3.30. The Bertz CT molecular complexity index is 1560. The second-order valence-corrected chi connectivity index (χ2v) is 7.33. The lowest BCUT2D eigenvalue weighted by Gasteiger charge is -2.11. The van der Waals surface area contributed by atoms with Crippen LogP contribution in [0.25, 0.3) is 44.3 Å². The maximum Gasteiger partial charge on any atom is 0.378 e. The summed E-state index contributed by atoms with van der Waals surface area (Å²) in [6.07, 6.45) is 0. The molecule has 0 amide bonds. The standard InChI is InChI=1S/C25H17N3O4/c1-14-7-9-16(10-8-14)21-22(27-28-24(26-21)25(30)31-2)19-13-20(29)32-23-17-6-4-3-5-15(17)11-12-18(19)23/h3-13H,1-2H3. The highest BCUT2D eigenvalue weighted by Gasteiger charge is 2.21. The van der Waals surface area contributed by atoms with Gasteiger partial charge in [0.1, 0.15) is 17.0 Å². The Morgan fingerprint density at radius 1 is 0.906 bits per heavy atom. The number of hydrogen-bond donors (Lipinski definition) is 0. The lowest BCUT2D eigenvalue weighted by atomic mass is 9.99. The van der Waals surface area contributed by atoms with Gasteiger partial charge in [-0.3, -0.25) is 0 Å². The molecule has 0 aliphatic rings. The van der Waals surface area contributed by atoms with Gasteiger partial charge in [-0.05, 0) is 18.4 Å². The van der Waals surface area contributed by atoms with Crippen LogP contribution in [0, 0.1) is 6.92 Å². The Morgan fingerprint density at radius 2 is 1.69 bits per heavy atom. The molecule has 0 fully saturated rings. The van der Waals surface area contributed by atoms with Crippen LogP contribution in [0.2, 0.25) is 0 Å². The number of carbonyl (C=O) groups is 1. The van der Waals surface area contributed by atoms with Crippen LogP contribution in [0.3, 0.4) is 0 Å². The van der Waals surface area contributed by atoms with Gasteiger partial charge >= 0.3 is 11.6 Å². The second kappa shape index (κ2) is 7.70. The second-order valence-electron chi connectivity index (χ2n) is 7.33. The Morgan fingerprint density at radius 3 is 2.47 bits per heavy atom. The highest BCUT2D eigenvalue weighted by Crippen LogP contribution is 2.35. The third-order valence-corrected chi connectivity index (χ3v) is 5.27. The van der Waals surface area contributed by atoms with E-state index in [2.05, 4.69) is 15.2 Å². The van der Waals surface area contributed by atoms with Crippen LogP contribution in [0.5, 0.6) is 0 Å². The zero-order valence-electron chi connectivity index (χ0n) is 17.3. The van der Waals surface area contributed by atoms with Gasteiger partial charge in [0.15, 0.2) is 0 Å². The Kier molecular flexibility index (Phi) is 4.71. The fourth-order valence-electron chi connectivity index (χ4n) is 3.68. The zero-order valence-corrected chi connectivity index (χ0v) is 17.3. The summed E-state index contributed by atoms with van der Waals surface area (Å²) in [6.45, 7) is 1.98. The summed E-state index contributed by atoms with van der Waals surface area (Å²) in [5.74, 6) is -0.856. The molecule has 5 aromatic rings. The van der Waals surface area contributed by atoms with E-state index in [1.54, 1.807) is 0 Å². The lowest BCUT2D eigenvalue weighted by Crippen LogP contribution is -2.11. The van der Waals surface area contributed by atoms with Crippen LogP contribution in [-0.4, -0.2) is 28.3 Å². The number of esters is 1. The summed E-state index contributed by atoms with van der Waals surface area (Å²) in [5, 5.41) is 10.7. The number of carbonyl (C=O) groups excluding carboxylic acids is 1. The summed E-state index contributed by atoms with van der Waals surface area (Å²) in [7, 11) is 1.26. The van der Waals surface area contributed by atoms with E-state index in [-0.39, 0.29) is 5.82 Å². The van der Waals surface area contributed by atoms with Crippen LogP contribution in [-0.2, 0) is 4.74 Å². The molecule has 2 aromatic heterocycles.